The van der Waals surface area contributed by atoms with Gasteiger partial charge in [0.1, 0.15) is 0 Å². The quantitative estimate of drug-likeness (QED) is 0.402. The number of hydrogen-bond acceptors (Lipinski definition) is 5. The van der Waals surface area contributed by atoms with Crippen LogP contribution in [0.1, 0.15) is 48.9 Å². The van der Waals surface area contributed by atoms with Crippen LogP contribution in [-0.4, -0.2) is 33.8 Å². The number of benzene rings is 1. The lowest BCUT2D eigenvalue weighted by Crippen LogP contribution is -2.35. The molecule has 1 fully saturated rings. The Bertz CT molecular complexity index is 1600. The van der Waals surface area contributed by atoms with E-state index in [0.717, 1.165) is 59.9 Å². The summed E-state index contributed by atoms with van der Waals surface area (Å²) in [5.74, 6) is 0.528. The highest BCUT2D eigenvalue weighted by atomic mass is 32.2. The molecule has 2 amide bonds. The van der Waals surface area contributed by atoms with Crippen LogP contribution in [0.4, 0.5) is 10.5 Å². The molecule has 2 aliphatic carbocycles. The topological polar surface area (TPSA) is 110 Å². The van der Waals surface area contributed by atoms with Crippen LogP contribution in [0.2, 0.25) is 0 Å². The van der Waals surface area contributed by atoms with Crippen molar-refractivity contribution >= 4 is 27.3 Å². The second kappa shape index (κ2) is 8.48. The lowest BCUT2D eigenvalue weighted by atomic mass is 9.93. The average molecular weight is 505 g/mol. The molecule has 0 radical (unpaired) electrons. The van der Waals surface area contributed by atoms with Crippen LogP contribution in [0.25, 0.3) is 16.6 Å². The molecular formula is C26H28N6O3S. The Hall–Kier alpha value is -3.66. The van der Waals surface area contributed by atoms with Crippen LogP contribution in [0.5, 0.6) is 0 Å². The summed E-state index contributed by atoms with van der Waals surface area (Å²) < 4.78 is 31.6. The minimum atomic E-state index is -4.13. The number of anilines is 1. The first-order valence-corrected chi connectivity index (χ1v) is 13.8. The number of carbonyl (C=O) groups is 1. The molecule has 4 aromatic rings. The van der Waals surface area contributed by atoms with Crippen LogP contribution in [0.15, 0.2) is 53.9 Å². The fourth-order valence-electron chi connectivity index (χ4n) is 5.28. The van der Waals surface area contributed by atoms with E-state index in [1.54, 1.807) is 21.6 Å². The van der Waals surface area contributed by atoms with Crippen molar-refractivity contribution < 1.29 is 13.2 Å². The molecule has 36 heavy (non-hydrogen) atoms. The molecule has 0 saturated heterocycles. The minimum absolute atomic E-state index is 0.133. The fourth-order valence-corrected chi connectivity index (χ4v) is 6.12. The molecule has 2 N–H and O–H groups in total. The van der Waals surface area contributed by atoms with E-state index < -0.39 is 16.1 Å². The summed E-state index contributed by atoms with van der Waals surface area (Å²) in [5, 5.41) is 11.2. The van der Waals surface area contributed by atoms with Gasteiger partial charge < -0.3 is 5.32 Å². The van der Waals surface area contributed by atoms with E-state index in [2.05, 4.69) is 26.3 Å². The third-order valence-corrected chi connectivity index (χ3v) is 8.55. The largest absolute Gasteiger partial charge is 0.333 e. The van der Waals surface area contributed by atoms with Gasteiger partial charge in [0.2, 0.25) is 0 Å². The van der Waals surface area contributed by atoms with Gasteiger partial charge >= 0.3 is 6.03 Å². The van der Waals surface area contributed by atoms with Gasteiger partial charge in [0.25, 0.3) is 10.0 Å². The maximum absolute atomic E-state index is 13.1. The van der Waals surface area contributed by atoms with Crippen molar-refractivity contribution in [3.63, 3.8) is 0 Å². The van der Waals surface area contributed by atoms with Crippen molar-refractivity contribution in [2.75, 3.05) is 5.32 Å². The molecule has 1 atom stereocenters. The minimum Gasteiger partial charge on any atom is -0.306 e. The van der Waals surface area contributed by atoms with E-state index in [1.807, 2.05) is 38.2 Å². The average Bonchev–Trinajstić information content (AvgIpc) is 3.22. The number of fused-ring (bicyclic) bond motifs is 2. The number of carbonyl (C=O) groups excluding carboxylic acids is 1. The smallest absolute Gasteiger partial charge is 0.306 e. The van der Waals surface area contributed by atoms with Crippen LogP contribution in [0, 0.1) is 12.8 Å². The van der Waals surface area contributed by atoms with Crippen molar-refractivity contribution in [2.24, 2.45) is 5.92 Å². The van der Waals surface area contributed by atoms with Gasteiger partial charge in [0, 0.05) is 24.2 Å². The summed E-state index contributed by atoms with van der Waals surface area (Å²) >= 11 is 0. The second-order valence-corrected chi connectivity index (χ2v) is 11.5. The van der Waals surface area contributed by atoms with E-state index in [1.165, 1.54) is 11.6 Å². The van der Waals surface area contributed by atoms with Gasteiger partial charge in [-0.2, -0.15) is 18.6 Å². The summed E-state index contributed by atoms with van der Waals surface area (Å²) in [4.78, 5) is 13.1. The van der Waals surface area contributed by atoms with Gasteiger partial charge in [0.05, 0.1) is 17.2 Å². The molecule has 9 nitrogen and oxygen atoms in total. The first-order chi connectivity index (χ1) is 17.3. The van der Waals surface area contributed by atoms with Crippen molar-refractivity contribution in [3.8, 4) is 11.1 Å². The van der Waals surface area contributed by atoms with E-state index in [4.69, 9.17) is 0 Å². The summed E-state index contributed by atoms with van der Waals surface area (Å²) in [6.45, 7) is 4.05. The Balaban J connectivity index is 1.31. The molecule has 186 valence electrons. The zero-order chi connectivity index (χ0) is 25.0. The molecule has 0 spiro atoms. The first kappa shape index (κ1) is 22.8. The van der Waals surface area contributed by atoms with Gasteiger partial charge in [-0.25, -0.2) is 14.0 Å². The molecule has 3 aromatic heterocycles. The van der Waals surface area contributed by atoms with Gasteiger partial charge in [-0.1, -0.05) is 6.07 Å². The van der Waals surface area contributed by atoms with Crippen molar-refractivity contribution in [1.29, 1.82) is 0 Å². The number of aromatic nitrogens is 4. The van der Waals surface area contributed by atoms with Crippen LogP contribution >= 0.6 is 0 Å². The van der Waals surface area contributed by atoms with Crippen molar-refractivity contribution in [2.45, 2.75) is 57.0 Å². The normalized spacial score (nSPS) is 16.2. The zero-order valence-electron chi connectivity index (χ0n) is 20.2. The third kappa shape index (κ3) is 4.05. The van der Waals surface area contributed by atoms with Crippen molar-refractivity contribution in [1.82, 2.24) is 24.1 Å². The van der Waals surface area contributed by atoms with Gasteiger partial charge in [-0.05, 0) is 98.4 Å². The molecule has 6 rings (SSSR count). The molecule has 3 heterocycles. The number of urea groups is 1. The molecular weight excluding hydrogens is 476 g/mol. The van der Waals surface area contributed by atoms with Crippen LogP contribution < -0.4 is 10.0 Å². The lowest BCUT2D eigenvalue weighted by Gasteiger charge is -2.19. The second-order valence-electron chi connectivity index (χ2n) is 9.82. The van der Waals surface area contributed by atoms with Crippen LogP contribution in [-0.2, 0) is 22.9 Å². The predicted molar refractivity (Wildman–Crippen MR) is 136 cm³/mol. The molecule has 2 aliphatic rings. The van der Waals surface area contributed by atoms with Gasteiger partial charge in [-0.3, -0.25) is 4.68 Å². The van der Waals surface area contributed by atoms with E-state index in [-0.39, 0.29) is 11.1 Å². The predicted octanol–water partition coefficient (Wildman–Crippen LogP) is 4.48. The summed E-state index contributed by atoms with van der Waals surface area (Å²) in [6.07, 6.45) is 10.3. The van der Waals surface area contributed by atoms with Gasteiger partial charge in [-0.15, -0.1) is 0 Å². The van der Waals surface area contributed by atoms with Crippen LogP contribution in [0.3, 0.4) is 0 Å². The Kier molecular flexibility index (Phi) is 5.36. The first-order valence-electron chi connectivity index (χ1n) is 12.3. The molecule has 1 unspecified atom stereocenters. The number of pyridine rings is 1. The molecule has 1 saturated carbocycles. The number of amides is 2. The summed E-state index contributed by atoms with van der Waals surface area (Å²) in [6, 6.07) is 8.83. The Morgan fingerprint density at radius 3 is 2.78 bits per heavy atom. The number of aryl methyl sites for hydroxylation is 2. The van der Waals surface area contributed by atoms with Gasteiger partial charge in [0.15, 0.2) is 5.03 Å². The molecule has 1 aromatic carbocycles. The zero-order valence-corrected chi connectivity index (χ0v) is 21.0. The molecule has 0 bridgehead atoms. The maximum Gasteiger partial charge on any atom is 0.333 e. The maximum atomic E-state index is 13.1. The fraction of sp³-hybridized carbons (Fsp3) is 0.346. The Morgan fingerprint density at radius 1 is 1.14 bits per heavy atom. The Morgan fingerprint density at radius 2 is 1.97 bits per heavy atom. The molecule has 0 aliphatic heterocycles. The van der Waals surface area contributed by atoms with E-state index in [0.29, 0.717) is 11.6 Å². The monoisotopic (exact) mass is 504 g/mol. The number of nitrogens with one attached hydrogen (secondary N) is 2. The number of rotatable bonds is 6. The summed E-state index contributed by atoms with van der Waals surface area (Å²) in [5.41, 5.74) is 6.67. The third-order valence-electron chi connectivity index (χ3n) is 7.33. The standard InChI is InChI=1S/C26H28N6O3S/c1-16-14-19-4-3-5-22(19)25(24(16)20-9-12-32-21(15-20)8-11-27-32)28-26(33)30-36(34,35)23-10-13-31(29-23)17(2)18-6-7-18/h8-15,17-18H,3-7H2,1-2H3,(H2,28,30,33). The number of nitrogens with zero attached hydrogens (tertiary/aromatic N) is 4. The van der Waals surface area contributed by atoms with Crippen molar-refractivity contribution in [3.05, 3.63) is 65.6 Å². The summed E-state index contributed by atoms with van der Waals surface area (Å²) in [7, 11) is -4.13. The van der Waals surface area contributed by atoms with E-state index in [9.17, 15) is 13.2 Å². The Labute approximate surface area is 209 Å². The number of hydrogen-bond donors (Lipinski definition) is 2. The van der Waals surface area contributed by atoms with E-state index >= 15 is 0 Å². The highest BCUT2D eigenvalue weighted by Gasteiger charge is 2.31. The number of sulfonamides is 1. The SMILES string of the molecule is Cc1cc2c(c(NC(=O)NS(=O)(=O)c3ccn(C(C)C4CC4)n3)c1-c1ccn3nccc3c1)CCC2. The lowest BCUT2D eigenvalue weighted by molar-refractivity contribution is 0.256. The highest BCUT2D eigenvalue weighted by Crippen LogP contribution is 2.41. The highest BCUT2D eigenvalue weighted by molar-refractivity contribution is 7.90. The molecule has 10 heteroatoms.